The Kier molecular flexibility index (Phi) is 11.0. The molecule has 3 rings (SSSR count). The van der Waals surface area contributed by atoms with Gasteiger partial charge in [0.05, 0.1) is 47.9 Å². The van der Waals surface area contributed by atoms with E-state index < -0.39 is 82.3 Å². The highest BCUT2D eigenvalue weighted by molar-refractivity contribution is 6.03. The van der Waals surface area contributed by atoms with Crippen molar-refractivity contribution in [3.05, 3.63) is 77.0 Å². The fourth-order valence-corrected chi connectivity index (χ4v) is 4.14. The van der Waals surface area contributed by atoms with Gasteiger partial charge in [0, 0.05) is 18.2 Å². The van der Waals surface area contributed by atoms with E-state index in [1.807, 2.05) is 0 Å². The van der Waals surface area contributed by atoms with Crippen molar-refractivity contribution in [3.8, 4) is 11.3 Å². The van der Waals surface area contributed by atoms with Gasteiger partial charge in [-0.25, -0.2) is 27.7 Å². The number of benzene rings is 1. The number of nitrogens with one attached hydrogen (secondary N) is 2. The number of carboxylic acids is 1. The lowest BCUT2D eigenvalue weighted by Gasteiger charge is -2.28. The van der Waals surface area contributed by atoms with Crippen molar-refractivity contribution in [1.82, 2.24) is 15.3 Å². The van der Waals surface area contributed by atoms with E-state index in [4.69, 9.17) is 14.6 Å². The molecule has 0 bridgehead atoms. The second-order valence-electron chi connectivity index (χ2n) is 11.0. The van der Waals surface area contributed by atoms with E-state index in [1.165, 1.54) is 12.4 Å². The first-order valence-electron chi connectivity index (χ1n) is 13.5. The highest BCUT2D eigenvalue weighted by atomic mass is 19.1. The van der Waals surface area contributed by atoms with E-state index in [0.29, 0.717) is 17.7 Å². The highest BCUT2D eigenvalue weighted by Gasteiger charge is 2.27. The predicted octanol–water partition coefficient (Wildman–Crippen LogP) is 5.25. The Morgan fingerprint density at radius 2 is 1.68 bits per heavy atom. The molecule has 0 unspecified atom stereocenters. The average molecular weight is 619 g/mol. The Morgan fingerprint density at radius 1 is 1.02 bits per heavy atom. The molecule has 236 valence electrons. The molecular weight excluding hydrogens is 585 g/mol. The summed E-state index contributed by atoms with van der Waals surface area (Å²) in [7, 11) is 0. The normalized spacial score (nSPS) is 12.9. The summed E-state index contributed by atoms with van der Waals surface area (Å²) in [5.74, 6) is -6.39. The van der Waals surface area contributed by atoms with E-state index in [9.17, 15) is 32.7 Å². The van der Waals surface area contributed by atoms with Gasteiger partial charge in [0.15, 0.2) is 0 Å². The van der Waals surface area contributed by atoms with Crippen LogP contribution < -0.4 is 10.6 Å². The van der Waals surface area contributed by atoms with Gasteiger partial charge in [-0.2, -0.15) is 0 Å². The van der Waals surface area contributed by atoms with Gasteiger partial charge in [-0.15, -0.1) is 0 Å². The van der Waals surface area contributed by atoms with Gasteiger partial charge in [0.25, 0.3) is 5.91 Å². The zero-order valence-corrected chi connectivity index (χ0v) is 24.7. The number of hydrogen-bond acceptors (Lipinski definition) is 8. The molecule has 0 spiro atoms. The quantitative estimate of drug-likeness (QED) is 0.225. The fraction of sp³-hybridized carbons (Fsp3) is 0.367. The van der Waals surface area contributed by atoms with E-state index >= 15 is 0 Å². The topological polar surface area (TPSA) is 160 Å². The molecule has 0 aliphatic carbocycles. The van der Waals surface area contributed by atoms with Gasteiger partial charge >= 0.3 is 12.1 Å². The number of aliphatic hydroxyl groups excluding tert-OH is 1. The second kappa shape index (κ2) is 14.3. The first kappa shape index (κ1) is 33.9. The number of carbonyl (C=O) groups is 3. The summed E-state index contributed by atoms with van der Waals surface area (Å²) in [6.07, 6.45) is 0.964. The number of ether oxygens (including phenoxy) is 2. The lowest BCUT2D eigenvalue weighted by Crippen LogP contribution is -2.42. The molecule has 4 N–H and O–H groups in total. The number of carboxylic acid groups (broad SMARTS) is 1. The van der Waals surface area contributed by atoms with Crippen LogP contribution in [0.15, 0.2) is 42.7 Å². The SMILES string of the molecule is CC(C)O[C@H](C[C@H](CO)NC(=O)OC(C)(C)C)c1ccncc1NC(=O)c1ccc(F)c(-c2c(F)cc(C(=O)O)cc2F)n1. The molecule has 2 atom stereocenters. The number of amides is 2. The van der Waals surface area contributed by atoms with Crippen molar-refractivity contribution in [2.45, 2.75) is 64.9 Å². The van der Waals surface area contributed by atoms with Crippen LogP contribution in [0.5, 0.6) is 0 Å². The number of rotatable bonds is 11. The molecule has 11 nitrogen and oxygen atoms in total. The molecule has 44 heavy (non-hydrogen) atoms. The smallest absolute Gasteiger partial charge is 0.407 e. The lowest BCUT2D eigenvalue weighted by atomic mass is 10.0. The average Bonchev–Trinajstić information content (AvgIpc) is 2.91. The minimum absolute atomic E-state index is 0.0602. The largest absolute Gasteiger partial charge is 0.478 e. The van der Waals surface area contributed by atoms with Crippen LogP contribution in [0.4, 0.5) is 23.7 Å². The summed E-state index contributed by atoms with van der Waals surface area (Å²) in [6, 6.07) is 3.59. The molecule has 2 amide bonds. The molecule has 14 heteroatoms. The summed E-state index contributed by atoms with van der Waals surface area (Å²) in [5.41, 5.74) is -3.10. The van der Waals surface area contributed by atoms with E-state index in [2.05, 4.69) is 20.6 Å². The number of hydrogen-bond donors (Lipinski definition) is 4. The molecule has 0 aliphatic heterocycles. The summed E-state index contributed by atoms with van der Waals surface area (Å²) >= 11 is 0. The monoisotopic (exact) mass is 618 g/mol. The number of aliphatic hydroxyl groups is 1. The summed E-state index contributed by atoms with van der Waals surface area (Å²) in [6.45, 7) is 8.17. The van der Waals surface area contributed by atoms with Crippen molar-refractivity contribution < 1.29 is 47.2 Å². The molecule has 0 saturated heterocycles. The van der Waals surface area contributed by atoms with E-state index in [0.717, 1.165) is 12.1 Å². The third kappa shape index (κ3) is 8.97. The molecule has 2 heterocycles. The van der Waals surface area contributed by atoms with Crippen LogP contribution >= 0.6 is 0 Å². The van der Waals surface area contributed by atoms with Gasteiger partial charge in [-0.3, -0.25) is 9.78 Å². The van der Waals surface area contributed by atoms with E-state index in [-0.39, 0.29) is 18.2 Å². The Bertz CT molecular complexity index is 1510. The van der Waals surface area contributed by atoms with Gasteiger partial charge in [-0.1, -0.05) is 0 Å². The van der Waals surface area contributed by atoms with Crippen LogP contribution in [-0.4, -0.2) is 62.5 Å². The number of halogens is 3. The van der Waals surface area contributed by atoms with Crippen LogP contribution in [0.25, 0.3) is 11.3 Å². The van der Waals surface area contributed by atoms with Crippen molar-refractivity contribution in [1.29, 1.82) is 0 Å². The van der Waals surface area contributed by atoms with Crippen LogP contribution in [0.3, 0.4) is 0 Å². The van der Waals surface area contributed by atoms with Crippen molar-refractivity contribution >= 4 is 23.7 Å². The zero-order valence-electron chi connectivity index (χ0n) is 24.7. The van der Waals surface area contributed by atoms with Crippen molar-refractivity contribution in [2.24, 2.45) is 0 Å². The maximum absolute atomic E-state index is 14.7. The molecule has 2 aromatic heterocycles. The molecule has 0 fully saturated rings. The summed E-state index contributed by atoms with van der Waals surface area (Å²) in [5, 5.41) is 24.2. The van der Waals surface area contributed by atoms with Crippen LogP contribution in [0.2, 0.25) is 0 Å². The maximum atomic E-state index is 14.7. The summed E-state index contributed by atoms with van der Waals surface area (Å²) in [4.78, 5) is 44.5. The lowest BCUT2D eigenvalue weighted by molar-refractivity contribution is -0.00864. The minimum atomic E-state index is -1.59. The third-order valence-corrected chi connectivity index (χ3v) is 5.93. The van der Waals surface area contributed by atoms with Crippen LogP contribution in [0, 0.1) is 17.5 Å². The molecule has 0 aliphatic rings. The molecule has 0 saturated carbocycles. The predicted molar refractivity (Wildman–Crippen MR) is 153 cm³/mol. The minimum Gasteiger partial charge on any atom is -0.478 e. The van der Waals surface area contributed by atoms with Gasteiger partial charge in [0.1, 0.15) is 34.4 Å². The third-order valence-electron chi connectivity index (χ3n) is 5.93. The molecule has 1 aromatic carbocycles. The Hall–Kier alpha value is -4.56. The fourth-order valence-electron chi connectivity index (χ4n) is 4.14. The molecule has 3 aromatic rings. The highest BCUT2D eigenvalue weighted by Crippen LogP contribution is 2.32. The van der Waals surface area contributed by atoms with Gasteiger partial charge in [0.2, 0.25) is 0 Å². The number of aromatic nitrogens is 2. The first-order chi connectivity index (χ1) is 20.6. The maximum Gasteiger partial charge on any atom is 0.407 e. The number of alkyl carbamates (subject to hydrolysis) is 1. The van der Waals surface area contributed by atoms with Crippen LogP contribution in [0.1, 0.15) is 73.6 Å². The number of pyridine rings is 2. The zero-order chi connectivity index (χ0) is 32.8. The number of carbonyl (C=O) groups excluding carboxylic acids is 2. The Morgan fingerprint density at radius 3 is 2.25 bits per heavy atom. The Labute approximate surface area is 251 Å². The standard InChI is InChI=1S/C30H33F3N4O7/c1-15(2)43-24(12-17(14-38)35-29(42)44-30(3,4)5)18-8-9-34-13-23(18)37-27(39)22-7-6-19(31)26(36-22)25-20(32)10-16(28(40)41)11-21(25)33/h6-11,13,15,17,24,38H,12,14H2,1-5H3,(H,35,42)(H,37,39)(H,40,41)/t17-,24-/m1/s1. The van der Waals surface area contributed by atoms with E-state index in [1.54, 1.807) is 40.7 Å². The van der Waals surface area contributed by atoms with Gasteiger partial charge in [-0.05, 0) is 65.0 Å². The number of anilines is 1. The van der Waals surface area contributed by atoms with Crippen molar-refractivity contribution in [2.75, 3.05) is 11.9 Å². The van der Waals surface area contributed by atoms with Crippen molar-refractivity contribution in [3.63, 3.8) is 0 Å². The molecule has 0 radical (unpaired) electrons. The first-order valence-corrected chi connectivity index (χ1v) is 13.5. The second-order valence-corrected chi connectivity index (χ2v) is 11.0. The number of nitrogens with zero attached hydrogens (tertiary/aromatic N) is 2. The Balaban J connectivity index is 1.92. The molecular formula is C30H33F3N4O7. The number of aromatic carboxylic acids is 1. The van der Waals surface area contributed by atoms with Gasteiger partial charge < -0.3 is 30.3 Å². The summed E-state index contributed by atoms with van der Waals surface area (Å²) < 4.78 is 55.3. The van der Waals surface area contributed by atoms with Crippen LogP contribution in [-0.2, 0) is 9.47 Å².